The van der Waals surface area contributed by atoms with Gasteiger partial charge in [-0.1, -0.05) is 19.3 Å². The first-order valence-corrected chi connectivity index (χ1v) is 7.79. The third-order valence-corrected chi connectivity index (χ3v) is 4.53. The minimum absolute atomic E-state index is 0.0688. The first-order valence-electron chi connectivity index (χ1n) is 7.79. The van der Waals surface area contributed by atoms with Gasteiger partial charge >= 0.3 is 0 Å². The van der Waals surface area contributed by atoms with E-state index in [0.717, 1.165) is 6.07 Å². The Labute approximate surface area is 125 Å². The Hall–Kier alpha value is -1.00. The van der Waals surface area contributed by atoms with Gasteiger partial charge in [0.15, 0.2) is 0 Å². The molecular formula is C17H25F2NO. The zero-order chi connectivity index (χ0) is 15.2. The van der Waals surface area contributed by atoms with Crippen LogP contribution in [-0.4, -0.2) is 26.3 Å². The van der Waals surface area contributed by atoms with Crippen LogP contribution in [0.25, 0.3) is 0 Å². The molecular weight excluding hydrogens is 272 g/mol. The molecule has 0 heterocycles. The summed E-state index contributed by atoms with van der Waals surface area (Å²) in [5, 5.41) is 3.27. The molecule has 118 valence electrons. The van der Waals surface area contributed by atoms with Crippen molar-refractivity contribution < 1.29 is 13.5 Å². The summed E-state index contributed by atoms with van der Waals surface area (Å²) >= 11 is 0. The maximum Gasteiger partial charge on any atom is 0.126 e. The summed E-state index contributed by atoms with van der Waals surface area (Å²) in [6.45, 7) is 0. The van der Waals surface area contributed by atoms with E-state index in [1.165, 1.54) is 44.2 Å². The molecule has 0 bridgehead atoms. The number of benzene rings is 1. The van der Waals surface area contributed by atoms with Gasteiger partial charge in [-0.3, -0.25) is 0 Å². The molecule has 0 radical (unpaired) electrons. The van der Waals surface area contributed by atoms with Gasteiger partial charge in [0.1, 0.15) is 11.6 Å². The molecule has 0 aliphatic heterocycles. The van der Waals surface area contributed by atoms with Gasteiger partial charge in [0.25, 0.3) is 0 Å². The second-order valence-corrected chi connectivity index (χ2v) is 5.98. The predicted molar refractivity (Wildman–Crippen MR) is 80.3 cm³/mol. The van der Waals surface area contributed by atoms with Crippen molar-refractivity contribution in [2.75, 3.05) is 14.2 Å². The van der Waals surface area contributed by atoms with Crippen LogP contribution in [0.4, 0.5) is 8.78 Å². The first kappa shape index (κ1) is 16.4. The van der Waals surface area contributed by atoms with E-state index in [1.807, 2.05) is 7.05 Å². The highest BCUT2D eigenvalue weighted by molar-refractivity contribution is 5.19. The van der Waals surface area contributed by atoms with Crippen molar-refractivity contribution in [3.8, 4) is 0 Å². The molecule has 1 aromatic rings. The van der Waals surface area contributed by atoms with E-state index in [1.54, 1.807) is 7.11 Å². The standard InChI is InChI=1S/C17H25F2NO/c1-20-16(10-12-8-14(18)11-15(19)9-12)17(21-2)13-6-4-3-5-7-13/h8-9,11,13,16-17,20H,3-7,10H2,1-2H3. The second-order valence-electron chi connectivity index (χ2n) is 5.98. The van der Waals surface area contributed by atoms with Gasteiger partial charge in [0.2, 0.25) is 0 Å². The second kappa shape index (κ2) is 7.85. The van der Waals surface area contributed by atoms with Gasteiger partial charge < -0.3 is 10.1 Å². The summed E-state index contributed by atoms with van der Waals surface area (Å²) in [5.74, 6) is -0.516. The van der Waals surface area contributed by atoms with Crippen LogP contribution in [0, 0.1) is 17.6 Å². The van der Waals surface area contributed by atoms with Crippen molar-refractivity contribution in [1.82, 2.24) is 5.32 Å². The molecule has 1 fully saturated rings. The van der Waals surface area contributed by atoms with Crippen molar-refractivity contribution in [2.45, 2.75) is 50.7 Å². The summed E-state index contributed by atoms with van der Waals surface area (Å²) in [6.07, 6.45) is 6.79. The van der Waals surface area contributed by atoms with Gasteiger partial charge in [0.05, 0.1) is 6.10 Å². The third kappa shape index (κ3) is 4.48. The summed E-state index contributed by atoms with van der Waals surface area (Å²) in [7, 11) is 3.62. The van der Waals surface area contributed by atoms with Crippen LogP contribution >= 0.6 is 0 Å². The molecule has 2 atom stereocenters. The lowest BCUT2D eigenvalue weighted by molar-refractivity contribution is 0.0101. The topological polar surface area (TPSA) is 21.3 Å². The number of rotatable bonds is 6. The Morgan fingerprint density at radius 1 is 1.14 bits per heavy atom. The van der Waals surface area contributed by atoms with E-state index < -0.39 is 11.6 Å². The normalized spacial score (nSPS) is 19.4. The summed E-state index contributed by atoms with van der Waals surface area (Å²) in [4.78, 5) is 0. The minimum atomic E-state index is -0.522. The average molecular weight is 297 g/mol. The quantitative estimate of drug-likeness (QED) is 0.864. The maximum absolute atomic E-state index is 13.3. The summed E-state index contributed by atoms with van der Waals surface area (Å²) < 4.78 is 32.4. The van der Waals surface area contributed by atoms with Gasteiger partial charge in [0, 0.05) is 19.2 Å². The summed E-state index contributed by atoms with van der Waals surface area (Å²) in [5.41, 5.74) is 0.671. The molecule has 0 amide bonds. The third-order valence-electron chi connectivity index (χ3n) is 4.53. The Morgan fingerprint density at radius 2 is 1.76 bits per heavy atom. The highest BCUT2D eigenvalue weighted by Gasteiger charge is 2.30. The van der Waals surface area contributed by atoms with Crippen LogP contribution in [0.5, 0.6) is 0 Å². The van der Waals surface area contributed by atoms with Crippen LogP contribution < -0.4 is 5.32 Å². The monoisotopic (exact) mass is 297 g/mol. The highest BCUT2D eigenvalue weighted by atomic mass is 19.1. The Kier molecular flexibility index (Phi) is 6.12. The Balaban J connectivity index is 2.09. The number of ether oxygens (including phenoxy) is 1. The first-order chi connectivity index (χ1) is 10.1. The molecule has 2 nitrogen and oxygen atoms in total. The zero-order valence-corrected chi connectivity index (χ0v) is 12.9. The van der Waals surface area contributed by atoms with Crippen molar-refractivity contribution in [1.29, 1.82) is 0 Å². The average Bonchev–Trinajstić information content (AvgIpc) is 2.47. The number of nitrogens with one attached hydrogen (secondary N) is 1. The fourth-order valence-corrected chi connectivity index (χ4v) is 3.51. The number of likely N-dealkylation sites (N-methyl/N-ethyl adjacent to an activating group) is 1. The molecule has 4 heteroatoms. The van der Waals surface area contributed by atoms with E-state index in [0.29, 0.717) is 17.9 Å². The van der Waals surface area contributed by atoms with Crippen LogP contribution in [0.1, 0.15) is 37.7 Å². The molecule has 1 aliphatic carbocycles. The van der Waals surface area contributed by atoms with Crippen molar-refractivity contribution in [3.05, 3.63) is 35.4 Å². The molecule has 1 aliphatic rings. The molecule has 0 aromatic heterocycles. The van der Waals surface area contributed by atoms with Crippen LogP contribution in [0.15, 0.2) is 18.2 Å². The van der Waals surface area contributed by atoms with Crippen molar-refractivity contribution in [2.24, 2.45) is 5.92 Å². The number of methoxy groups -OCH3 is 1. The Morgan fingerprint density at radius 3 is 2.29 bits per heavy atom. The zero-order valence-electron chi connectivity index (χ0n) is 12.9. The van der Waals surface area contributed by atoms with E-state index in [9.17, 15) is 8.78 Å². The van der Waals surface area contributed by atoms with E-state index >= 15 is 0 Å². The van der Waals surface area contributed by atoms with Gasteiger partial charge in [-0.05, 0) is 49.9 Å². The minimum Gasteiger partial charge on any atom is -0.380 e. The summed E-state index contributed by atoms with van der Waals surface area (Å²) in [6, 6.07) is 3.79. The number of halogens is 2. The molecule has 21 heavy (non-hydrogen) atoms. The number of hydrogen-bond donors (Lipinski definition) is 1. The van der Waals surface area contributed by atoms with Gasteiger partial charge in [-0.2, -0.15) is 0 Å². The molecule has 0 spiro atoms. The van der Waals surface area contributed by atoms with E-state index in [4.69, 9.17) is 4.74 Å². The predicted octanol–water partition coefficient (Wildman–Crippen LogP) is 3.69. The lowest BCUT2D eigenvalue weighted by Crippen LogP contribution is -2.45. The molecule has 0 saturated heterocycles. The number of hydrogen-bond acceptors (Lipinski definition) is 2. The van der Waals surface area contributed by atoms with E-state index in [2.05, 4.69) is 5.32 Å². The van der Waals surface area contributed by atoms with Crippen LogP contribution in [-0.2, 0) is 11.2 Å². The molecule has 1 aromatic carbocycles. The SMILES string of the molecule is CNC(Cc1cc(F)cc(F)c1)C(OC)C1CCCCC1. The van der Waals surface area contributed by atoms with E-state index in [-0.39, 0.29) is 12.1 Å². The smallest absolute Gasteiger partial charge is 0.126 e. The molecule has 1 saturated carbocycles. The van der Waals surface area contributed by atoms with Crippen LogP contribution in [0.3, 0.4) is 0 Å². The van der Waals surface area contributed by atoms with Gasteiger partial charge in [-0.25, -0.2) is 8.78 Å². The lowest BCUT2D eigenvalue weighted by atomic mass is 9.81. The molecule has 1 N–H and O–H groups in total. The fourth-order valence-electron chi connectivity index (χ4n) is 3.51. The maximum atomic E-state index is 13.3. The molecule has 2 rings (SSSR count). The fraction of sp³-hybridized carbons (Fsp3) is 0.647. The molecule has 2 unspecified atom stereocenters. The Bertz CT molecular complexity index is 426. The van der Waals surface area contributed by atoms with Crippen molar-refractivity contribution >= 4 is 0 Å². The van der Waals surface area contributed by atoms with Gasteiger partial charge in [-0.15, -0.1) is 0 Å². The largest absolute Gasteiger partial charge is 0.380 e. The highest BCUT2D eigenvalue weighted by Crippen LogP contribution is 2.30. The van der Waals surface area contributed by atoms with Crippen LogP contribution in [0.2, 0.25) is 0 Å². The lowest BCUT2D eigenvalue weighted by Gasteiger charge is -2.35. The van der Waals surface area contributed by atoms with Crippen molar-refractivity contribution in [3.63, 3.8) is 0 Å².